The number of alkyl halides is 3. The summed E-state index contributed by atoms with van der Waals surface area (Å²) >= 11 is 18.4. The molecule has 1 aromatic heterocycles. The molecule has 2 aromatic rings. The van der Waals surface area contributed by atoms with Crippen LogP contribution in [0.2, 0.25) is 0 Å². The van der Waals surface area contributed by atoms with Gasteiger partial charge in [-0.3, -0.25) is 0 Å². The molecule has 1 aliphatic heterocycles. The number of hydrogen-bond donors (Lipinski definition) is 3. The highest BCUT2D eigenvalue weighted by atomic mass is 35.6. The fourth-order valence-electron chi connectivity index (χ4n) is 3.40. The molecule has 1 aliphatic rings. The lowest BCUT2D eigenvalue weighted by atomic mass is 9.95. The van der Waals surface area contributed by atoms with Crippen molar-refractivity contribution in [2.24, 2.45) is 0 Å². The van der Waals surface area contributed by atoms with Gasteiger partial charge in [-0.2, -0.15) is 16.8 Å². The molecule has 0 saturated carbocycles. The number of alkyl carbamates (subject to hydrolysis) is 1. The van der Waals surface area contributed by atoms with Crippen LogP contribution in [0.15, 0.2) is 24.3 Å². The summed E-state index contributed by atoms with van der Waals surface area (Å²) in [5.41, 5.74) is 3.05. The molecule has 0 bridgehead atoms. The first-order valence-electron chi connectivity index (χ1n) is 8.34. The summed E-state index contributed by atoms with van der Waals surface area (Å²) in [5, 5.41) is 15.7. The van der Waals surface area contributed by atoms with E-state index in [1.807, 2.05) is 24.5 Å². The molecule has 0 aliphatic carbocycles. The largest absolute Gasteiger partial charge is 0.445 e. The highest BCUT2D eigenvalue weighted by Gasteiger charge is 2.36. The lowest BCUT2D eigenvalue weighted by Crippen LogP contribution is -2.49. The Kier molecular flexibility index (Phi) is 6.71. The van der Waals surface area contributed by atoms with Crippen LogP contribution in [0, 0.1) is 0 Å². The van der Waals surface area contributed by atoms with E-state index in [9.17, 15) is 10.0 Å². The summed E-state index contributed by atoms with van der Waals surface area (Å²) in [6.07, 6.45) is 1.95. The van der Waals surface area contributed by atoms with Crippen LogP contribution in [0.4, 0.5) is 4.79 Å². The van der Waals surface area contributed by atoms with Crippen molar-refractivity contribution in [3.8, 4) is 0 Å². The van der Waals surface area contributed by atoms with E-state index in [1.165, 1.54) is 5.06 Å². The Morgan fingerprint density at radius 1 is 1.48 bits per heavy atom. The van der Waals surface area contributed by atoms with Crippen LogP contribution in [0.1, 0.15) is 17.3 Å². The molecule has 148 valence electrons. The minimum atomic E-state index is -1.68. The number of amides is 1. The molecule has 10 heteroatoms. The van der Waals surface area contributed by atoms with Crippen molar-refractivity contribution < 1.29 is 14.7 Å². The quantitative estimate of drug-likeness (QED) is 0.590. The van der Waals surface area contributed by atoms with Gasteiger partial charge in [0.2, 0.25) is 3.79 Å². The van der Waals surface area contributed by atoms with Crippen molar-refractivity contribution >= 4 is 63.6 Å². The smallest absolute Gasteiger partial charge is 0.407 e. The summed E-state index contributed by atoms with van der Waals surface area (Å²) in [6, 6.07) is 7.16. The number of para-hydroxylation sites is 1. The summed E-state index contributed by atoms with van der Waals surface area (Å²) in [7, 11) is 0. The maximum absolute atomic E-state index is 12.2. The number of H-pyrrole nitrogens is 1. The first kappa shape index (κ1) is 20.9. The van der Waals surface area contributed by atoms with Gasteiger partial charge in [0.05, 0.1) is 12.1 Å². The summed E-state index contributed by atoms with van der Waals surface area (Å²) in [5.74, 6) is 0.569. The maximum Gasteiger partial charge on any atom is 0.407 e. The number of nitrogens with one attached hydrogen (secondary N) is 2. The number of carbonyl (C=O) groups excluding carboxylic acids is 1. The molecule has 2 atom stereocenters. The van der Waals surface area contributed by atoms with Gasteiger partial charge in [0.1, 0.15) is 6.61 Å². The number of hydrogen-bond acceptors (Lipinski definition) is 5. The lowest BCUT2D eigenvalue weighted by molar-refractivity contribution is -0.140. The zero-order valence-electron chi connectivity index (χ0n) is 14.5. The van der Waals surface area contributed by atoms with E-state index in [0.29, 0.717) is 12.3 Å². The molecule has 0 saturated heterocycles. The first-order valence-corrected chi connectivity index (χ1v) is 10.9. The Hall–Kier alpha value is -0.830. The minimum Gasteiger partial charge on any atom is -0.445 e. The van der Waals surface area contributed by atoms with E-state index < -0.39 is 22.0 Å². The molecule has 27 heavy (non-hydrogen) atoms. The van der Waals surface area contributed by atoms with Crippen molar-refractivity contribution in [3.05, 3.63) is 35.5 Å². The Balaban J connectivity index is 1.85. The number of ether oxygens (including phenoxy) is 1. The highest BCUT2D eigenvalue weighted by Crippen LogP contribution is 2.36. The van der Waals surface area contributed by atoms with Gasteiger partial charge in [0.25, 0.3) is 0 Å². The van der Waals surface area contributed by atoms with E-state index in [0.717, 1.165) is 28.6 Å². The van der Waals surface area contributed by atoms with E-state index in [4.69, 9.17) is 39.5 Å². The number of fused-ring (bicyclic) bond motifs is 3. The van der Waals surface area contributed by atoms with Gasteiger partial charge in [-0.15, -0.1) is 0 Å². The fraction of sp³-hybridized carbons (Fsp3) is 0.471. The van der Waals surface area contributed by atoms with Crippen LogP contribution in [-0.2, 0) is 11.2 Å². The van der Waals surface area contributed by atoms with E-state index in [-0.39, 0.29) is 6.61 Å². The second-order valence-corrected chi connectivity index (χ2v) is 9.74. The minimum absolute atomic E-state index is 0.360. The first-order chi connectivity index (χ1) is 12.8. The average molecular weight is 453 g/mol. The molecule has 3 rings (SSSR count). The van der Waals surface area contributed by atoms with Crippen LogP contribution in [0.3, 0.4) is 0 Å². The molecule has 0 spiro atoms. The number of aromatic nitrogens is 1. The Morgan fingerprint density at radius 2 is 2.22 bits per heavy atom. The molecular weight excluding hydrogens is 433 g/mol. The van der Waals surface area contributed by atoms with Crippen LogP contribution in [0.25, 0.3) is 10.9 Å². The highest BCUT2D eigenvalue weighted by molar-refractivity contribution is 7.98. The Morgan fingerprint density at radius 3 is 2.93 bits per heavy atom. The van der Waals surface area contributed by atoms with Crippen LogP contribution in [0.5, 0.6) is 0 Å². The van der Waals surface area contributed by atoms with Gasteiger partial charge in [0.15, 0.2) is 0 Å². The predicted octanol–water partition coefficient (Wildman–Crippen LogP) is 4.28. The molecule has 1 aromatic carbocycles. The van der Waals surface area contributed by atoms with Gasteiger partial charge >= 0.3 is 6.09 Å². The second kappa shape index (κ2) is 8.68. The number of halogens is 3. The zero-order valence-corrected chi connectivity index (χ0v) is 17.6. The lowest BCUT2D eigenvalue weighted by Gasteiger charge is -2.36. The summed E-state index contributed by atoms with van der Waals surface area (Å²) < 4.78 is 3.31. The normalized spacial score (nSPS) is 18.9. The fourth-order valence-corrected chi connectivity index (χ4v) is 4.19. The number of nitrogens with zero attached hydrogens (tertiary/aromatic N) is 1. The number of aromatic amines is 1. The Bertz CT molecular complexity index is 812. The summed E-state index contributed by atoms with van der Waals surface area (Å²) in [6.45, 7) is 0.107. The molecule has 1 amide bonds. The second-order valence-electron chi connectivity index (χ2n) is 6.32. The molecule has 2 heterocycles. The molecule has 0 fully saturated rings. The molecule has 0 radical (unpaired) electrons. The number of carbonyl (C=O) groups is 1. The summed E-state index contributed by atoms with van der Waals surface area (Å²) in [4.78, 5) is 15.6. The van der Waals surface area contributed by atoms with Gasteiger partial charge in [-0.25, -0.2) is 4.79 Å². The van der Waals surface area contributed by atoms with Crippen molar-refractivity contribution in [3.63, 3.8) is 0 Å². The van der Waals surface area contributed by atoms with Crippen molar-refractivity contribution in [1.29, 1.82) is 0 Å². The van der Waals surface area contributed by atoms with Crippen molar-refractivity contribution in [2.75, 3.05) is 25.2 Å². The monoisotopic (exact) mass is 451 g/mol. The Labute approximate surface area is 176 Å². The zero-order chi connectivity index (χ0) is 19.6. The topological polar surface area (TPSA) is 77.6 Å². The molecule has 3 N–H and O–H groups in total. The number of rotatable bonds is 5. The average Bonchev–Trinajstić information content (AvgIpc) is 2.97. The predicted molar refractivity (Wildman–Crippen MR) is 110 cm³/mol. The molecule has 0 unspecified atom stereocenters. The molecular formula is C17H20Cl3N3O3S. The van der Waals surface area contributed by atoms with Gasteiger partial charge < -0.3 is 20.2 Å². The van der Waals surface area contributed by atoms with Crippen LogP contribution < -0.4 is 5.32 Å². The van der Waals surface area contributed by atoms with Gasteiger partial charge in [0, 0.05) is 28.9 Å². The standard InChI is InChI=1S/C17H20Cl3N3O3S/c1-27-8-13(22-16(24)26-9-17(18,19)20)15-14-11(6-7-23(15)25)10-4-2-3-5-12(10)21-14/h2-5,13,15,21,25H,6-9H2,1H3,(H,22,24)/t13-,15-/m0/s1. The third-order valence-corrected chi connectivity index (χ3v) is 5.47. The van der Waals surface area contributed by atoms with Crippen LogP contribution in [-0.4, -0.2) is 56.3 Å². The molecule has 6 nitrogen and oxygen atoms in total. The SMILES string of the molecule is CSC[C@H](NC(=O)OCC(Cl)(Cl)Cl)[C@H]1c2[nH]c3ccccc3c2CCN1O. The number of benzene rings is 1. The van der Waals surface area contributed by atoms with Gasteiger partial charge in [-0.05, 0) is 24.3 Å². The van der Waals surface area contributed by atoms with E-state index in [2.05, 4.69) is 16.4 Å². The van der Waals surface area contributed by atoms with Crippen molar-refractivity contribution in [1.82, 2.24) is 15.4 Å². The maximum atomic E-state index is 12.2. The number of hydroxylamine groups is 2. The van der Waals surface area contributed by atoms with E-state index >= 15 is 0 Å². The van der Waals surface area contributed by atoms with Crippen molar-refractivity contribution in [2.45, 2.75) is 22.3 Å². The van der Waals surface area contributed by atoms with E-state index in [1.54, 1.807) is 11.8 Å². The van der Waals surface area contributed by atoms with Gasteiger partial charge in [-0.1, -0.05) is 53.0 Å². The van der Waals surface area contributed by atoms with Crippen LogP contribution >= 0.6 is 46.6 Å². The number of thioether (sulfide) groups is 1. The third-order valence-electron chi connectivity index (χ3n) is 4.45. The third kappa shape index (κ3) is 4.96.